The van der Waals surface area contributed by atoms with E-state index in [0.717, 1.165) is 50.1 Å². The third kappa shape index (κ3) is 5.15. The molecule has 3 rings (SSSR count). The highest BCUT2D eigenvalue weighted by Crippen LogP contribution is 2.30. The normalized spacial score (nSPS) is 19.9. The number of hydrogen-bond donors (Lipinski definition) is 2. The molecule has 3 amide bonds. The molecule has 0 spiro atoms. The zero-order chi connectivity index (χ0) is 20.8. The van der Waals surface area contributed by atoms with E-state index >= 15 is 0 Å². The standard InChI is InChI=1S/C22H31N3O4/c1-3-16(7-5-6-12-23-4-2)29-17-8-9-18-15(13-17)14-25(22(18)28)19-10-11-20(26)24-21(19)27/h8-9,13,16,19,23H,3-7,10-12,14H2,1-2H3,(H,24,26,27). The van der Waals surface area contributed by atoms with Gasteiger partial charge in [-0.15, -0.1) is 0 Å². The summed E-state index contributed by atoms with van der Waals surface area (Å²) >= 11 is 0. The molecule has 158 valence electrons. The van der Waals surface area contributed by atoms with Crippen molar-refractivity contribution in [2.45, 2.75) is 71.1 Å². The Labute approximate surface area is 172 Å². The first-order valence-corrected chi connectivity index (χ1v) is 10.7. The highest BCUT2D eigenvalue weighted by atomic mass is 16.5. The average molecular weight is 402 g/mol. The lowest BCUT2D eigenvalue weighted by Crippen LogP contribution is -2.52. The number of carbonyl (C=O) groups excluding carboxylic acids is 3. The van der Waals surface area contributed by atoms with E-state index in [-0.39, 0.29) is 30.2 Å². The molecule has 0 aliphatic carbocycles. The highest BCUT2D eigenvalue weighted by Gasteiger charge is 2.39. The van der Waals surface area contributed by atoms with Crippen molar-refractivity contribution < 1.29 is 19.1 Å². The second-order valence-electron chi connectivity index (χ2n) is 7.72. The number of nitrogens with zero attached hydrogens (tertiary/aromatic N) is 1. The van der Waals surface area contributed by atoms with Crippen LogP contribution in [0.15, 0.2) is 18.2 Å². The number of hydrogen-bond acceptors (Lipinski definition) is 5. The Morgan fingerprint density at radius 2 is 2.07 bits per heavy atom. The molecule has 1 aromatic rings. The van der Waals surface area contributed by atoms with Crippen LogP contribution in [-0.2, 0) is 16.1 Å². The minimum atomic E-state index is -0.586. The van der Waals surface area contributed by atoms with Crippen LogP contribution < -0.4 is 15.4 Å². The number of nitrogens with one attached hydrogen (secondary N) is 2. The summed E-state index contributed by atoms with van der Waals surface area (Å²) in [6.07, 6.45) is 4.96. The van der Waals surface area contributed by atoms with E-state index in [2.05, 4.69) is 24.5 Å². The number of amides is 3. The molecule has 0 saturated carbocycles. The molecule has 0 aromatic heterocycles. The monoisotopic (exact) mass is 401 g/mol. The van der Waals surface area contributed by atoms with E-state index in [4.69, 9.17) is 4.74 Å². The van der Waals surface area contributed by atoms with Crippen LogP contribution in [0.1, 0.15) is 68.3 Å². The Morgan fingerprint density at radius 3 is 2.79 bits per heavy atom. The van der Waals surface area contributed by atoms with Crippen LogP contribution in [0, 0.1) is 0 Å². The van der Waals surface area contributed by atoms with Gasteiger partial charge in [-0.3, -0.25) is 19.7 Å². The number of carbonyl (C=O) groups is 3. The second kappa shape index (κ2) is 9.87. The van der Waals surface area contributed by atoms with Crippen molar-refractivity contribution in [3.8, 4) is 5.75 Å². The van der Waals surface area contributed by atoms with Crippen molar-refractivity contribution in [1.82, 2.24) is 15.5 Å². The first-order chi connectivity index (χ1) is 14.0. The smallest absolute Gasteiger partial charge is 0.255 e. The van der Waals surface area contributed by atoms with Gasteiger partial charge in [-0.25, -0.2) is 0 Å². The summed E-state index contributed by atoms with van der Waals surface area (Å²) in [6, 6.07) is 4.96. The van der Waals surface area contributed by atoms with Crippen LogP contribution in [-0.4, -0.2) is 47.9 Å². The number of piperidine rings is 1. The van der Waals surface area contributed by atoms with Gasteiger partial charge in [-0.05, 0) is 69.0 Å². The molecule has 2 unspecified atom stereocenters. The number of rotatable bonds is 10. The zero-order valence-electron chi connectivity index (χ0n) is 17.3. The number of benzene rings is 1. The number of imide groups is 1. The van der Waals surface area contributed by atoms with Crippen molar-refractivity contribution in [1.29, 1.82) is 0 Å². The largest absolute Gasteiger partial charge is 0.490 e. The fourth-order valence-corrected chi connectivity index (χ4v) is 3.96. The molecule has 0 bridgehead atoms. The molecular formula is C22H31N3O4. The summed E-state index contributed by atoms with van der Waals surface area (Å²) in [7, 11) is 0. The molecule has 2 aliphatic rings. The minimum Gasteiger partial charge on any atom is -0.490 e. The van der Waals surface area contributed by atoms with Gasteiger partial charge >= 0.3 is 0 Å². The molecule has 29 heavy (non-hydrogen) atoms. The van der Waals surface area contributed by atoms with Crippen molar-refractivity contribution in [3.63, 3.8) is 0 Å². The maximum Gasteiger partial charge on any atom is 0.255 e. The first kappa shape index (κ1) is 21.3. The Balaban J connectivity index is 1.60. The molecule has 0 radical (unpaired) electrons. The van der Waals surface area contributed by atoms with Gasteiger partial charge in [0.15, 0.2) is 0 Å². The summed E-state index contributed by atoms with van der Waals surface area (Å²) in [5, 5.41) is 5.66. The molecule has 7 heteroatoms. The highest BCUT2D eigenvalue weighted by molar-refractivity contribution is 6.05. The summed E-state index contributed by atoms with van der Waals surface area (Å²) in [6.45, 7) is 6.63. The Morgan fingerprint density at radius 1 is 1.24 bits per heavy atom. The lowest BCUT2D eigenvalue weighted by Gasteiger charge is -2.29. The predicted molar refractivity (Wildman–Crippen MR) is 110 cm³/mol. The third-order valence-corrected chi connectivity index (χ3v) is 5.63. The fraction of sp³-hybridized carbons (Fsp3) is 0.591. The van der Waals surface area contributed by atoms with Crippen molar-refractivity contribution in [2.24, 2.45) is 0 Å². The van der Waals surface area contributed by atoms with Crippen molar-refractivity contribution in [3.05, 3.63) is 29.3 Å². The van der Waals surface area contributed by atoms with Crippen LogP contribution in [0.25, 0.3) is 0 Å². The van der Waals surface area contributed by atoms with E-state index in [0.29, 0.717) is 18.5 Å². The second-order valence-corrected chi connectivity index (χ2v) is 7.72. The van der Waals surface area contributed by atoms with Crippen LogP contribution in [0.2, 0.25) is 0 Å². The van der Waals surface area contributed by atoms with E-state index in [9.17, 15) is 14.4 Å². The van der Waals surface area contributed by atoms with Crippen LogP contribution in [0.4, 0.5) is 0 Å². The minimum absolute atomic E-state index is 0.151. The first-order valence-electron chi connectivity index (χ1n) is 10.7. The van der Waals surface area contributed by atoms with Crippen molar-refractivity contribution in [2.75, 3.05) is 13.1 Å². The molecule has 2 aliphatic heterocycles. The molecule has 7 nitrogen and oxygen atoms in total. The molecule has 2 heterocycles. The summed E-state index contributed by atoms with van der Waals surface area (Å²) in [5.74, 6) is -0.0543. The van der Waals surface area contributed by atoms with Crippen LogP contribution in [0.3, 0.4) is 0 Å². The summed E-state index contributed by atoms with van der Waals surface area (Å²) in [4.78, 5) is 37.9. The van der Waals surface area contributed by atoms with E-state index in [1.165, 1.54) is 0 Å². The van der Waals surface area contributed by atoms with Gasteiger partial charge in [-0.2, -0.15) is 0 Å². The summed E-state index contributed by atoms with van der Waals surface area (Å²) < 4.78 is 6.17. The predicted octanol–water partition coefficient (Wildman–Crippen LogP) is 2.38. The van der Waals surface area contributed by atoms with Gasteiger partial charge < -0.3 is 15.0 Å². The molecule has 1 aromatic carbocycles. The molecule has 1 saturated heterocycles. The number of ether oxygens (including phenoxy) is 1. The van der Waals surface area contributed by atoms with E-state index in [1.807, 2.05) is 12.1 Å². The van der Waals surface area contributed by atoms with Gasteiger partial charge in [-0.1, -0.05) is 13.8 Å². The quantitative estimate of drug-likeness (QED) is 0.464. The van der Waals surface area contributed by atoms with Gasteiger partial charge in [0, 0.05) is 18.5 Å². The third-order valence-electron chi connectivity index (χ3n) is 5.63. The Kier molecular flexibility index (Phi) is 7.25. The topological polar surface area (TPSA) is 87.7 Å². The molecule has 2 atom stereocenters. The average Bonchev–Trinajstić information content (AvgIpc) is 3.02. The number of fused-ring (bicyclic) bond motifs is 1. The lowest BCUT2D eigenvalue weighted by atomic mass is 10.0. The number of unbranched alkanes of at least 4 members (excludes halogenated alkanes) is 1. The van der Waals surface area contributed by atoms with Gasteiger partial charge in [0.2, 0.25) is 11.8 Å². The maximum absolute atomic E-state index is 12.8. The lowest BCUT2D eigenvalue weighted by molar-refractivity contribution is -0.136. The Hall–Kier alpha value is -2.41. The van der Waals surface area contributed by atoms with Crippen LogP contribution >= 0.6 is 0 Å². The summed E-state index contributed by atoms with van der Waals surface area (Å²) in [5.41, 5.74) is 1.49. The van der Waals surface area contributed by atoms with Gasteiger partial charge in [0.1, 0.15) is 11.8 Å². The van der Waals surface area contributed by atoms with E-state index < -0.39 is 6.04 Å². The van der Waals surface area contributed by atoms with Gasteiger partial charge in [0.25, 0.3) is 5.91 Å². The maximum atomic E-state index is 12.8. The Bertz CT molecular complexity index is 764. The fourth-order valence-electron chi connectivity index (χ4n) is 3.96. The SMILES string of the molecule is CCNCCCCC(CC)Oc1ccc2c(c1)CN(C1CCC(=O)NC1=O)C2=O. The van der Waals surface area contributed by atoms with Crippen molar-refractivity contribution >= 4 is 17.7 Å². The molecule has 2 N–H and O–H groups in total. The van der Waals surface area contributed by atoms with E-state index in [1.54, 1.807) is 11.0 Å². The molecular weight excluding hydrogens is 370 g/mol. The van der Waals surface area contributed by atoms with Gasteiger partial charge in [0.05, 0.1) is 6.10 Å². The van der Waals surface area contributed by atoms with Crippen LogP contribution in [0.5, 0.6) is 5.75 Å². The molecule has 1 fully saturated rings. The zero-order valence-corrected chi connectivity index (χ0v) is 17.3.